The van der Waals surface area contributed by atoms with Crippen LogP contribution in [0.1, 0.15) is 57.8 Å². The Hall–Kier alpha value is -3.35. The molecule has 6 nitrogen and oxygen atoms in total. The first-order valence-corrected chi connectivity index (χ1v) is 13.1. The molecule has 0 spiro atoms. The van der Waals surface area contributed by atoms with Gasteiger partial charge in [-0.3, -0.25) is 9.69 Å². The zero-order valence-corrected chi connectivity index (χ0v) is 22.4. The molecule has 2 aliphatic rings. The van der Waals surface area contributed by atoms with E-state index in [4.69, 9.17) is 0 Å². The molecule has 0 bridgehead atoms. The van der Waals surface area contributed by atoms with E-state index in [0.29, 0.717) is 68.7 Å². The lowest BCUT2D eigenvalue weighted by Crippen LogP contribution is -2.55. The van der Waals surface area contributed by atoms with E-state index in [1.54, 1.807) is 19.1 Å². The zero-order chi connectivity index (χ0) is 30.3. The summed E-state index contributed by atoms with van der Waals surface area (Å²) in [5, 5.41) is 9.26. The van der Waals surface area contributed by atoms with Crippen LogP contribution in [0.25, 0.3) is 0 Å². The molecule has 4 rings (SSSR count). The van der Waals surface area contributed by atoms with E-state index in [1.165, 1.54) is 22.9 Å². The van der Waals surface area contributed by atoms with E-state index >= 15 is 0 Å². The minimum Gasteiger partial charge on any atom is -0.465 e. The Morgan fingerprint density at radius 1 is 0.902 bits per heavy atom. The number of hydrogen-bond acceptors (Lipinski definition) is 3. The smallest absolute Gasteiger partial charge is 0.416 e. The number of carboxylic acid groups (broad SMARTS) is 1. The lowest BCUT2D eigenvalue weighted by atomic mass is 9.83. The highest BCUT2D eigenvalue weighted by molar-refractivity contribution is 5.95. The van der Waals surface area contributed by atoms with Crippen molar-refractivity contribution in [1.29, 1.82) is 0 Å². The molecule has 224 valence electrons. The van der Waals surface area contributed by atoms with Crippen LogP contribution in [-0.2, 0) is 12.4 Å². The summed E-state index contributed by atoms with van der Waals surface area (Å²) in [6.07, 6.45) is -9.65. The molecule has 2 aliphatic heterocycles. The molecule has 41 heavy (non-hydrogen) atoms. The number of benzene rings is 2. The van der Waals surface area contributed by atoms with Crippen molar-refractivity contribution < 1.29 is 45.4 Å². The van der Waals surface area contributed by atoms with Gasteiger partial charge in [-0.1, -0.05) is 12.1 Å². The molecule has 2 amide bonds. The second-order valence-corrected chi connectivity index (χ2v) is 10.7. The lowest BCUT2D eigenvalue weighted by Gasteiger charge is -2.47. The number of alkyl halides is 6. The van der Waals surface area contributed by atoms with Crippen LogP contribution in [0, 0.1) is 12.7 Å². The average Bonchev–Trinajstić information content (AvgIpc) is 2.92. The molecule has 0 radical (unpaired) electrons. The van der Waals surface area contributed by atoms with Gasteiger partial charge in [0.15, 0.2) is 0 Å². The quantitative estimate of drug-likeness (QED) is 0.429. The highest BCUT2D eigenvalue weighted by atomic mass is 19.4. The van der Waals surface area contributed by atoms with Crippen molar-refractivity contribution in [3.8, 4) is 0 Å². The summed E-state index contributed by atoms with van der Waals surface area (Å²) < 4.78 is 94.7. The summed E-state index contributed by atoms with van der Waals surface area (Å²) in [5.41, 5.74) is -2.84. The van der Waals surface area contributed by atoms with E-state index in [2.05, 4.69) is 4.90 Å². The van der Waals surface area contributed by atoms with Crippen LogP contribution in [0.4, 0.5) is 35.5 Å². The van der Waals surface area contributed by atoms with Crippen LogP contribution in [0.5, 0.6) is 0 Å². The fourth-order valence-electron chi connectivity index (χ4n) is 5.84. The van der Waals surface area contributed by atoms with Gasteiger partial charge < -0.3 is 14.9 Å². The number of likely N-dealkylation sites (N-methyl/N-ethyl adjacent to an activating group) is 1. The molecule has 2 saturated heterocycles. The standard InChI is InChI=1S/C28H30F7N3O3/c1-16-11-17(3-4-23(16)29)22-15-38(21-5-8-37(9-6-21)26(40)41)10-7-24(22)36(2)25(39)18-12-19(27(30,31)32)14-20(13-18)28(33,34)35/h3-4,11-14,21-22,24H,5-10,15H2,1-2H3,(H,40,41)/t22-,24+/m0/s1. The third-order valence-corrected chi connectivity index (χ3v) is 8.12. The number of halogens is 7. The van der Waals surface area contributed by atoms with Crippen LogP contribution in [0.3, 0.4) is 0 Å². The number of aryl methyl sites for hydroxylation is 1. The SMILES string of the molecule is Cc1cc([C@@H]2CN(C3CCN(C(=O)O)CC3)CC[C@H]2N(C)C(=O)c2cc(C(F)(F)F)cc(C(F)(F)F)c2)ccc1F. The fraction of sp³-hybridized carbons (Fsp3) is 0.500. The maximum atomic E-state index is 14.1. The largest absolute Gasteiger partial charge is 0.465 e. The molecule has 1 N–H and O–H groups in total. The van der Waals surface area contributed by atoms with Gasteiger partial charge in [-0.25, -0.2) is 9.18 Å². The monoisotopic (exact) mass is 589 g/mol. The van der Waals surface area contributed by atoms with Crippen molar-refractivity contribution in [1.82, 2.24) is 14.7 Å². The van der Waals surface area contributed by atoms with Crippen molar-refractivity contribution in [2.24, 2.45) is 0 Å². The van der Waals surface area contributed by atoms with Gasteiger partial charge in [0.25, 0.3) is 5.91 Å². The molecule has 0 unspecified atom stereocenters. The van der Waals surface area contributed by atoms with E-state index in [0.717, 1.165) is 0 Å². The molecule has 0 saturated carbocycles. The summed E-state index contributed by atoms with van der Waals surface area (Å²) in [7, 11) is 1.35. The summed E-state index contributed by atoms with van der Waals surface area (Å²) in [6, 6.07) is 4.77. The molecular formula is C28H30F7N3O3. The normalized spacial score (nSPS) is 21.1. The molecule has 2 heterocycles. The van der Waals surface area contributed by atoms with Crippen molar-refractivity contribution in [2.45, 2.75) is 56.5 Å². The first-order chi connectivity index (χ1) is 19.1. The number of likely N-dealkylation sites (tertiary alicyclic amines) is 2. The third-order valence-electron chi connectivity index (χ3n) is 8.12. The highest BCUT2D eigenvalue weighted by Crippen LogP contribution is 2.38. The topological polar surface area (TPSA) is 64.1 Å². The van der Waals surface area contributed by atoms with Gasteiger partial charge in [-0.05, 0) is 61.6 Å². The number of carbonyl (C=O) groups is 2. The van der Waals surface area contributed by atoms with Gasteiger partial charge in [0.05, 0.1) is 11.1 Å². The number of nitrogens with zero attached hydrogens (tertiary/aromatic N) is 3. The Labute approximate surface area is 232 Å². The van der Waals surface area contributed by atoms with Gasteiger partial charge in [0.1, 0.15) is 5.82 Å². The molecule has 2 atom stereocenters. The van der Waals surface area contributed by atoms with Crippen molar-refractivity contribution in [3.63, 3.8) is 0 Å². The van der Waals surface area contributed by atoms with Crippen LogP contribution < -0.4 is 0 Å². The Kier molecular flexibility index (Phi) is 8.58. The second kappa shape index (κ2) is 11.5. The maximum absolute atomic E-state index is 14.1. The van der Waals surface area contributed by atoms with Gasteiger partial charge in [-0.2, -0.15) is 26.3 Å². The molecule has 2 aromatic carbocycles. The number of hydrogen-bond donors (Lipinski definition) is 1. The van der Waals surface area contributed by atoms with E-state index in [9.17, 15) is 45.4 Å². The molecular weight excluding hydrogens is 559 g/mol. The molecule has 0 aromatic heterocycles. The van der Waals surface area contributed by atoms with Gasteiger partial charge >= 0.3 is 18.4 Å². The third kappa shape index (κ3) is 6.77. The van der Waals surface area contributed by atoms with Gasteiger partial charge in [0, 0.05) is 56.8 Å². The van der Waals surface area contributed by atoms with Crippen LogP contribution >= 0.6 is 0 Å². The molecule has 13 heteroatoms. The minimum atomic E-state index is -5.09. The maximum Gasteiger partial charge on any atom is 0.416 e. The van der Waals surface area contributed by atoms with Crippen LogP contribution in [-0.4, -0.2) is 77.1 Å². The first kappa shape index (κ1) is 30.6. The number of carbonyl (C=O) groups excluding carboxylic acids is 1. The second-order valence-electron chi connectivity index (χ2n) is 10.7. The predicted molar refractivity (Wildman–Crippen MR) is 135 cm³/mol. The molecule has 2 fully saturated rings. The van der Waals surface area contributed by atoms with Gasteiger partial charge in [0.2, 0.25) is 0 Å². The Morgan fingerprint density at radius 3 is 2.00 bits per heavy atom. The van der Waals surface area contributed by atoms with Crippen LogP contribution in [0.15, 0.2) is 36.4 Å². The average molecular weight is 590 g/mol. The summed E-state index contributed by atoms with van der Waals surface area (Å²) in [4.78, 5) is 29.4. The Morgan fingerprint density at radius 2 is 1.49 bits per heavy atom. The van der Waals surface area contributed by atoms with E-state index in [1.807, 2.05) is 0 Å². The fourth-order valence-corrected chi connectivity index (χ4v) is 5.84. The molecule has 2 aromatic rings. The zero-order valence-electron chi connectivity index (χ0n) is 22.4. The Balaban J connectivity index is 1.64. The predicted octanol–water partition coefficient (Wildman–Crippen LogP) is 6.24. The van der Waals surface area contributed by atoms with Crippen molar-refractivity contribution in [3.05, 3.63) is 70.0 Å². The van der Waals surface area contributed by atoms with E-state index in [-0.39, 0.29) is 12.1 Å². The Bertz CT molecular complexity index is 1260. The van der Waals surface area contributed by atoms with E-state index < -0.39 is 58.8 Å². The summed E-state index contributed by atoms with van der Waals surface area (Å²) in [5.74, 6) is -1.85. The summed E-state index contributed by atoms with van der Waals surface area (Å²) in [6.45, 7) is 3.16. The highest BCUT2D eigenvalue weighted by Gasteiger charge is 2.41. The molecule has 0 aliphatic carbocycles. The number of rotatable bonds is 4. The number of piperidine rings is 2. The lowest BCUT2D eigenvalue weighted by molar-refractivity contribution is -0.143. The number of amides is 2. The minimum absolute atomic E-state index is 0.0188. The van der Waals surface area contributed by atoms with Crippen LogP contribution in [0.2, 0.25) is 0 Å². The van der Waals surface area contributed by atoms with Crippen molar-refractivity contribution >= 4 is 12.0 Å². The first-order valence-electron chi connectivity index (χ1n) is 13.1. The van der Waals surface area contributed by atoms with Crippen molar-refractivity contribution in [2.75, 3.05) is 33.2 Å². The summed E-state index contributed by atoms with van der Waals surface area (Å²) >= 11 is 0. The van der Waals surface area contributed by atoms with Gasteiger partial charge in [-0.15, -0.1) is 0 Å².